The van der Waals surface area contributed by atoms with Crippen LogP contribution in [-0.4, -0.2) is 27.9 Å². The quantitative estimate of drug-likeness (QED) is 0.786. The second-order valence-corrected chi connectivity index (χ2v) is 3.92. The van der Waals surface area contributed by atoms with Crippen LogP contribution in [0.4, 0.5) is 0 Å². The summed E-state index contributed by atoms with van der Waals surface area (Å²) >= 11 is 0. The smallest absolute Gasteiger partial charge is 0.136 e. The van der Waals surface area contributed by atoms with Gasteiger partial charge >= 0.3 is 0 Å². The highest BCUT2D eigenvalue weighted by molar-refractivity contribution is 5.00. The molecule has 0 unspecified atom stereocenters. The van der Waals surface area contributed by atoms with E-state index in [-0.39, 0.29) is 0 Å². The van der Waals surface area contributed by atoms with Crippen LogP contribution in [0.1, 0.15) is 44.5 Å². The first kappa shape index (κ1) is 9.65. The van der Waals surface area contributed by atoms with Gasteiger partial charge in [0.05, 0.1) is 6.04 Å². The molecule has 14 heavy (non-hydrogen) atoms. The highest BCUT2D eigenvalue weighted by Crippen LogP contribution is 2.24. The topological polar surface area (TPSA) is 42.7 Å². The predicted molar refractivity (Wildman–Crippen MR) is 55.3 cm³/mol. The monoisotopic (exact) mass is 194 g/mol. The van der Waals surface area contributed by atoms with Gasteiger partial charge in [0, 0.05) is 19.0 Å². The number of rotatable bonds is 4. The van der Waals surface area contributed by atoms with Gasteiger partial charge in [0.15, 0.2) is 0 Å². The second kappa shape index (κ2) is 4.09. The second-order valence-electron chi connectivity index (χ2n) is 3.92. The first-order valence-electron chi connectivity index (χ1n) is 5.46. The Balaban J connectivity index is 2.19. The standard InChI is InChI=1S/C10H18N4/c1-3-8(4-2)10-13-12-7-14(10)9-5-11-6-9/h7-9,11H,3-6H2,1-2H3. The molecule has 1 aromatic heterocycles. The van der Waals surface area contributed by atoms with Crippen molar-refractivity contribution >= 4 is 0 Å². The van der Waals surface area contributed by atoms with Gasteiger partial charge in [-0.1, -0.05) is 13.8 Å². The predicted octanol–water partition coefficient (Wildman–Crippen LogP) is 1.33. The van der Waals surface area contributed by atoms with Crippen molar-refractivity contribution in [2.24, 2.45) is 0 Å². The van der Waals surface area contributed by atoms with Gasteiger partial charge in [-0.3, -0.25) is 0 Å². The fourth-order valence-corrected chi connectivity index (χ4v) is 1.95. The fraction of sp³-hybridized carbons (Fsp3) is 0.800. The van der Waals surface area contributed by atoms with Gasteiger partial charge in [0.2, 0.25) is 0 Å². The summed E-state index contributed by atoms with van der Waals surface area (Å²) in [6.07, 6.45) is 4.17. The molecule has 4 heteroatoms. The van der Waals surface area contributed by atoms with Crippen molar-refractivity contribution in [2.45, 2.75) is 38.6 Å². The molecule has 1 saturated heterocycles. The van der Waals surface area contributed by atoms with E-state index in [1.807, 2.05) is 6.33 Å². The van der Waals surface area contributed by atoms with Crippen molar-refractivity contribution in [3.8, 4) is 0 Å². The van der Waals surface area contributed by atoms with E-state index in [0.29, 0.717) is 12.0 Å². The molecule has 0 atom stereocenters. The van der Waals surface area contributed by atoms with Gasteiger partial charge in [0.1, 0.15) is 12.2 Å². The van der Waals surface area contributed by atoms with Gasteiger partial charge in [0.25, 0.3) is 0 Å². The summed E-state index contributed by atoms with van der Waals surface area (Å²) in [5.74, 6) is 1.74. The van der Waals surface area contributed by atoms with Crippen LogP contribution in [0.3, 0.4) is 0 Å². The largest absolute Gasteiger partial charge is 0.313 e. The maximum absolute atomic E-state index is 4.25. The average Bonchev–Trinajstić information content (AvgIpc) is 2.53. The highest BCUT2D eigenvalue weighted by Gasteiger charge is 2.24. The molecule has 0 spiro atoms. The summed E-state index contributed by atoms with van der Waals surface area (Å²) in [5.41, 5.74) is 0. The molecule has 1 aliphatic rings. The molecule has 1 aromatic rings. The van der Waals surface area contributed by atoms with Crippen LogP contribution in [0.2, 0.25) is 0 Å². The lowest BCUT2D eigenvalue weighted by atomic mass is 10.0. The lowest BCUT2D eigenvalue weighted by molar-refractivity contribution is 0.327. The minimum Gasteiger partial charge on any atom is -0.313 e. The van der Waals surface area contributed by atoms with Crippen LogP contribution >= 0.6 is 0 Å². The number of nitrogens with zero attached hydrogens (tertiary/aromatic N) is 3. The van der Waals surface area contributed by atoms with Gasteiger partial charge < -0.3 is 9.88 Å². The first-order valence-corrected chi connectivity index (χ1v) is 5.46. The third-order valence-corrected chi connectivity index (χ3v) is 3.10. The summed E-state index contributed by atoms with van der Waals surface area (Å²) in [7, 11) is 0. The summed E-state index contributed by atoms with van der Waals surface area (Å²) in [4.78, 5) is 0. The molecule has 0 aromatic carbocycles. The van der Waals surface area contributed by atoms with Crippen LogP contribution < -0.4 is 5.32 Å². The molecule has 1 fully saturated rings. The Labute approximate surface area is 84.7 Å². The summed E-state index contributed by atoms with van der Waals surface area (Å²) in [6, 6.07) is 0.584. The van der Waals surface area contributed by atoms with Crippen molar-refractivity contribution in [3.05, 3.63) is 12.2 Å². The van der Waals surface area contributed by atoms with Gasteiger partial charge in [-0.2, -0.15) is 0 Å². The maximum atomic E-state index is 4.25. The third kappa shape index (κ3) is 1.54. The van der Waals surface area contributed by atoms with E-state index in [1.54, 1.807) is 0 Å². The number of hydrogen-bond donors (Lipinski definition) is 1. The third-order valence-electron chi connectivity index (χ3n) is 3.10. The molecule has 4 nitrogen and oxygen atoms in total. The molecular formula is C10H18N4. The SMILES string of the molecule is CCC(CC)c1nncn1C1CNC1. The van der Waals surface area contributed by atoms with Gasteiger partial charge in [-0.25, -0.2) is 0 Å². The summed E-state index contributed by atoms with van der Waals surface area (Å²) in [6.45, 7) is 6.55. The highest BCUT2D eigenvalue weighted by atomic mass is 15.3. The minimum absolute atomic E-state index is 0.568. The average molecular weight is 194 g/mol. The number of nitrogens with one attached hydrogen (secondary N) is 1. The Bertz CT molecular complexity index is 286. The zero-order chi connectivity index (χ0) is 9.97. The van der Waals surface area contributed by atoms with Crippen molar-refractivity contribution in [1.29, 1.82) is 0 Å². The molecule has 78 valence electrons. The molecule has 0 radical (unpaired) electrons. The van der Waals surface area contributed by atoms with Crippen LogP contribution in [0.15, 0.2) is 6.33 Å². The van der Waals surface area contributed by atoms with Gasteiger partial charge in [-0.15, -0.1) is 10.2 Å². The van der Waals surface area contributed by atoms with E-state index in [9.17, 15) is 0 Å². The van der Waals surface area contributed by atoms with E-state index >= 15 is 0 Å². The molecular weight excluding hydrogens is 176 g/mol. The van der Waals surface area contributed by atoms with Crippen LogP contribution in [0.25, 0.3) is 0 Å². The lowest BCUT2D eigenvalue weighted by Gasteiger charge is -2.30. The molecule has 1 N–H and O–H groups in total. The number of hydrogen-bond acceptors (Lipinski definition) is 3. The van der Waals surface area contributed by atoms with E-state index in [1.165, 1.54) is 5.82 Å². The molecule has 2 rings (SSSR count). The summed E-state index contributed by atoms with van der Waals surface area (Å²) in [5, 5.41) is 11.5. The molecule has 0 saturated carbocycles. The molecule has 0 bridgehead atoms. The first-order chi connectivity index (χ1) is 6.86. The van der Waals surface area contributed by atoms with Crippen LogP contribution in [0, 0.1) is 0 Å². The van der Waals surface area contributed by atoms with E-state index in [4.69, 9.17) is 0 Å². The zero-order valence-electron chi connectivity index (χ0n) is 8.90. The minimum atomic E-state index is 0.568. The van der Waals surface area contributed by atoms with E-state index in [2.05, 4.69) is 33.9 Å². The zero-order valence-corrected chi connectivity index (χ0v) is 8.90. The van der Waals surface area contributed by atoms with Crippen molar-refractivity contribution in [1.82, 2.24) is 20.1 Å². The molecule has 0 aliphatic carbocycles. The van der Waals surface area contributed by atoms with Crippen LogP contribution in [0.5, 0.6) is 0 Å². The van der Waals surface area contributed by atoms with Crippen LogP contribution in [-0.2, 0) is 0 Å². The number of aromatic nitrogens is 3. The maximum Gasteiger partial charge on any atom is 0.136 e. The summed E-state index contributed by atoms with van der Waals surface area (Å²) < 4.78 is 2.24. The van der Waals surface area contributed by atoms with Crippen molar-refractivity contribution in [2.75, 3.05) is 13.1 Å². The Morgan fingerprint density at radius 3 is 2.71 bits per heavy atom. The molecule has 2 heterocycles. The van der Waals surface area contributed by atoms with Gasteiger partial charge in [-0.05, 0) is 12.8 Å². The van der Waals surface area contributed by atoms with Crippen molar-refractivity contribution in [3.63, 3.8) is 0 Å². The molecule has 1 aliphatic heterocycles. The Morgan fingerprint density at radius 2 is 2.21 bits per heavy atom. The Kier molecular flexibility index (Phi) is 2.82. The lowest BCUT2D eigenvalue weighted by Crippen LogP contribution is -2.43. The normalized spacial score (nSPS) is 17.4. The Morgan fingerprint density at radius 1 is 1.50 bits per heavy atom. The molecule has 0 amide bonds. The van der Waals surface area contributed by atoms with E-state index in [0.717, 1.165) is 25.9 Å². The van der Waals surface area contributed by atoms with Crippen molar-refractivity contribution < 1.29 is 0 Å². The Hall–Kier alpha value is -0.900. The van der Waals surface area contributed by atoms with E-state index < -0.39 is 0 Å². The fourth-order valence-electron chi connectivity index (χ4n) is 1.95.